The molecule has 1 N–H and O–H groups in total. The lowest BCUT2D eigenvalue weighted by molar-refractivity contribution is -0.140. The van der Waals surface area contributed by atoms with Crippen molar-refractivity contribution in [2.24, 2.45) is 0 Å². The molecule has 0 fully saturated rings. The number of hydrogen-bond acceptors (Lipinski definition) is 6. The Kier molecular flexibility index (Phi) is 10.6. The van der Waals surface area contributed by atoms with Gasteiger partial charge in [0.2, 0.25) is 11.8 Å². The predicted molar refractivity (Wildman–Crippen MR) is 155 cm³/mol. The van der Waals surface area contributed by atoms with Gasteiger partial charge in [-0.05, 0) is 67.8 Å². The van der Waals surface area contributed by atoms with Gasteiger partial charge in [-0.3, -0.25) is 13.9 Å². The average Bonchev–Trinajstić information content (AvgIpc) is 2.96. The van der Waals surface area contributed by atoms with Crippen molar-refractivity contribution >= 4 is 27.5 Å². The third-order valence-electron chi connectivity index (χ3n) is 6.44. The lowest BCUT2D eigenvalue weighted by atomic mass is 10.1. The predicted octanol–water partition coefficient (Wildman–Crippen LogP) is 4.15. The van der Waals surface area contributed by atoms with Gasteiger partial charge in [-0.1, -0.05) is 43.3 Å². The Morgan fingerprint density at radius 1 is 0.925 bits per heavy atom. The molecule has 0 bridgehead atoms. The molecule has 2 amide bonds. The second-order valence-electron chi connectivity index (χ2n) is 9.19. The molecular formula is C30H37N3O6S. The second-order valence-corrected chi connectivity index (χ2v) is 11.1. The van der Waals surface area contributed by atoms with E-state index >= 15 is 0 Å². The number of nitrogens with zero attached hydrogens (tertiary/aromatic N) is 2. The molecule has 0 spiro atoms. The molecule has 0 aliphatic rings. The van der Waals surface area contributed by atoms with Gasteiger partial charge in [0.15, 0.2) is 0 Å². The number of amides is 2. The molecule has 0 heterocycles. The highest BCUT2D eigenvalue weighted by molar-refractivity contribution is 7.92. The van der Waals surface area contributed by atoms with Gasteiger partial charge < -0.3 is 19.7 Å². The first kappa shape index (κ1) is 30.5. The first-order valence-electron chi connectivity index (χ1n) is 13.1. The molecule has 3 aromatic rings. The van der Waals surface area contributed by atoms with E-state index in [1.165, 1.54) is 24.1 Å². The summed E-state index contributed by atoms with van der Waals surface area (Å²) in [6.07, 6.45) is 0.334. The maximum atomic E-state index is 14.1. The van der Waals surface area contributed by atoms with Crippen molar-refractivity contribution in [1.82, 2.24) is 10.2 Å². The molecule has 0 unspecified atom stereocenters. The van der Waals surface area contributed by atoms with E-state index in [1.807, 2.05) is 19.9 Å². The van der Waals surface area contributed by atoms with E-state index in [2.05, 4.69) is 5.32 Å². The Balaban J connectivity index is 2.12. The minimum atomic E-state index is -4.19. The molecule has 0 saturated carbocycles. The van der Waals surface area contributed by atoms with Crippen LogP contribution < -0.4 is 19.1 Å². The van der Waals surface area contributed by atoms with Crippen LogP contribution in [-0.4, -0.2) is 58.5 Å². The number of carbonyl (C=O) groups is 2. The Morgan fingerprint density at radius 2 is 1.65 bits per heavy atom. The number of methoxy groups -OCH3 is 2. The minimum absolute atomic E-state index is 0.0291. The SMILES string of the molecule is CCNC(=O)[C@H](CC)N(Cc1cccc(OC)c1)C(=O)CN(c1cc(C)ccc1OC)S(=O)(=O)c1ccccc1. The van der Waals surface area contributed by atoms with Crippen molar-refractivity contribution in [3.05, 3.63) is 83.9 Å². The third kappa shape index (κ3) is 7.12. The topological polar surface area (TPSA) is 105 Å². The van der Waals surface area contributed by atoms with Crippen LogP contribution in [0.3, 0.4) is 0 Å². The fourth-order valence-electron chi connectivity index (χ4n) is 4.41. The number of aryl methyl sites for hydroxylation is 1. The van der Waals surface area contributed by atoms with Crippen LogP contribution in [0.5, 0.6) is 11.5 Å². The molecule has 9 nitrogen and oxygen atoms in total. The highest BCUT2D eigenvalue weighted by atomic mass is 32.2. The zero-order valence-electron chi connectivity index (χ0n) is 23.6. The summed E-state index contributed by atoms with van der Waals surface area (Å²) >= 11 is 0. The number of likely N-dealkylation sites (N-methyl/N-ethyl adjacent to an activating group) is 1. The van der Waals surface area contributed by atoms with Crippen LogP contribution in [-0.2, 0) is 26.2 Å². The largest absolute Gasteiger partial charge is 0.497 e. The molecule has 0 saturated heterocycles. The number of carbonyl (C=O) groups excluding carboxylic acids is 2. The number of ether oxygens (including phenoxy) is 2. The molecule has 10 heteroatoms. The molecule has 0 aliphatic heterocycles. The number of rotatable bonds is 13. The molecule has 214 valence electrons. The summed E-state index contributed by atoms with van der Waals surface area (Å²) in [6.45, 7) is 5.37. The number of nitrogens with one attached hydrogen (secondary N) is 1. The van der Waals surface area contributed by atoms with Crippen LogP contribution in [0, 0.1) is 6.92 Å². The Hall–Kier alpha value is -4.05. The summed E-state index contributed by atoms with van der Waals surface area (Å²) in [7, 11) is -1.20. The van der Waals surface area contributed by atoms with E-state index in [4.69, 9.17) is 9.47 Å². The van der Waals surface area contributed by atoms with Gasteiger partial charge >= 0.3 is 0 Å². The normalized spacial score (nSPS) is 11.8. The third-order valence-corrected chi connectivity index (χ3v) is 8.21. The summed E-state index contributed by atoms with van der Waals surface area (Å²) in [5.41, 5.74) is 1.76. The van der Waals surface area contributed by atoms with Crippen LogP contribution >= 0.6 is 0 Å². The standard InChI is InChI=1S/C30H37N3O6S/c1-6-26(30(35)31-7-2)32(20-23-12-11-13-24(19-23)38-4)29(34)21-33(27-18-22(3)16-17-28(27)39-5)40(36,37)25-14-9-8-10-15-25/h8-19,26H,6-7,20-21H2,1-5H3,(H,31,35)/t26-/m0/s1. The molecular weight excluding hydrogens is 530 g/mol. The van der Waals surface area contributed by atoms with E-state index in [9.17, 15) is 18.0 Å². The van der Waals surface area contributed by atoms with E-state index in [0.717, 1.165) is 15.4 Å². The lowest BCUT2D eigenvalue weighted by Crippen LogP contribution is -2.52. The molecule has 0 aliphatic carbocycles. The number of hydrogen-bond donors (Lipinski definition) is 1. The van der Waals surface area contributed by atoms with Crippen LogP contribution in [0.15, 0.2) is 77.7 Å². The number of anilines is 1. The van der Waals surface area contributed by atoms with Crippen molar-refractivity contribution in [1.29, 1.82) is 0 Å². The minimum Gasteiger partial charge on any atom is -0.497 e. The highest BCUT2D eigenvalue weighted by Gasteiger charge is 2.34. The van der Waals surface area contributed by atoms with E-state index in [1.54, 1.807) is 68.6 Å². The van der Waals surface area contributed by atoms with Gasteiger partial charge in [0.05, 0.1) is 24.8 Å². The number of sulfonamides is 1. The van der Waals surface area contributed by atoms with Crippen molar-refractivity contribution in [2.45, 2.75) is 44.7 Å². The smallest absolute Gasteiger partial charge is 0.264 e. The molecule has 1 atom stereocenters. The van der Waals surface area contributed by atoms with Crippen molar-refractivity contribution in [3.8, 4) is 11.5 Å². The summed E-state index contributed by atoms with van der Waals surface area (Å²) in [5.74, 6) is 0.0533. The maximum Gasteiger partial charge on any atom is 0.264 e. The van der Waals surface area contributed by atoms with Crippen LogP contribution in [0.1, 0.15) is 31.4 Å². The van der Waals surface area contributed by atoms with Gasteiger partial charge in [-0.2, -0.15) is 0 Å². The number of benzene rings is 3. The summed E-state index contributed by atoms with van der Waals surface area (Å²) in [4.78, 5) is 28.7. The summed E-state index contributed by atoms with van der Waals surface area (Å²) < 4.78 is 39.9. The average molecular weight is 568 g/mol. The Labute approximate surface area is 236 Å². The first-order valence-corrected chi connectivity index (χ1v) is 14.5. The van der Waals surface area contributed by atoms with Crippen LogP contribution in [0.4, 0.5) is 5.69 Å². The second kappa shape index (κ2) is 13.8. The Morgan fingerprint density at radius 3 is 2.27 bits per heavy atom. The van der Waals surface area contributed by atoms with Crippen molar-refractivity contribution in [3.63, 3.8) is 0 Å². The molecule has 0 radical (unpaired) electrons. The quantitative estimate of drug-likeness (QED) is 0.333. The van der Waals surface area contributed by atoms with Gasteiger partial charge in [-0.15, -0.1) is 0 Å². The molecule has 3 rings (SSSR count). The van der Waals surface area contributed by atoms with Crippen molar-refractivity contribution < 1.29 is 27.5 Å². The first-order chi connectivity index (χ1) is 19.2. The van der Waals surface area contributed by atoms with E-state index in [0.29, 0.717) is 24.5 Å². The van der Waals surface area contributed by atoms with E-state index < -0.39 is 28.5 Å². The highest BCUT2D eigenvalue weighted by Crippen LogP contribution is 2.34. The fourth-order valence-corrected chi connectivity index (χ4v) is 5.84. The monoisotopic (exact) mass is 567 g/mol. The zero-order valence-corrected chi connectivity index (χ0v) is 24.4. The summed E-state index contributed by atoms with van der Waals surface area (Å²) in [5, 5.41) is 2.80. The zero-order chi connectivity index (χ0) is 29.3. The fraction of sp³-hybridized carbons (Fsp3) is 0.333. The van der Waals surface area contributed by atoms with Crippen LogP contribution in [0.2, 0.25) is 0 Å². The van der Waals surface area contributed by atoms with Gasteiger partial charge in [0, 0.05) is 13.1 Å². The van der Waals surface area contributed by atoms with Gasteiger partial charge in [-0.25, -0.2) is 8.42 Å². The van der Waals surface area contributed by atoms with Gasteiger partial charge in [0.25, 0.3) is 10.0 Å². The molecule has 0 aromatic heterocycles. The van der Waals surface area contributed by atoms with E-state index in [-0.39, 0.29) is 23.0 Å². The lowest BCUT2D eigenvalue weighted by Gasteiger charge is -2.33. The molecule has 40 heavy (non-hydrogen) atoms. The summed E-state index contributed by atoms with van der Waals surface area (Å²) in [6, 6.07) is 19.4. The Bertz CT molecular complexity index is 1410. The van der Waals surface area contributed by atoms with Crippen molar-refractivity contribution in [2.75, 3.05) is 31.6 Å². The maximum absolute atomic E-state index is 14.1. The van der Waals surface area contributed by atoms with Gasteiger partial charge in [0.1, 0.15) is 24.1 Å². The molecule has 3 aromatic carbocycles. The van der Waals surface area contributed by atoms with Crippen LogP contribution in [0.25, 0.3) is 0 Å².